The average Bonchev–Trinajstić information content (AvgIpc) is 3.15. The Hall–Kier alpha value is -3.81. The van der Waals surface area contributed by atoms with E-state index < -0.39 is 0 Å². The van der Waals surface area contributed by atoms with Crippen LogP contribution in [-0.2, 0) is 0 Å². The predicted molar refractivity (Wildman–Crippen MR) is 106 cm³/mol. The molecule has 3 aromatic heterocycles. The second-order valence-electron chi connectivity index (χ2n) is 5.89. The Kier molecular flexibility index (Phi) is 4.67. The van der Waals surface area contributed by atoms with Gasteiger partial charge in [0.1, 0.15) is 5.69 Å². The topological polar surface area (TPSA) is 82.8 Å². The molecule has 4 rings (SSSR count). The monoisotopic (exact) mass is 377 g/mol. The minimum atomic E-state index is 0.494. The lowest BCUT2D eigenvalue weighted by atomic mass is 10.1. The van der Waals surface area contributed by atoms with Gasteiger partial charge in [-0.25, -0.2) is 9.97 Å². The highest BCUT2D eigenvalue weighted by Gasteiger charge is 2.12. The van der Waals surface area contributed by atoms with Gasteiger partial charge >= 0.3 is 0 Å². The molecule has 1 aromatic carbocycles. The zero-order chi connectivity index (χ0) is 19.5. The van der Waals surface area contributed by atoms with Gasteiger partial charge in [-0.2, -0.15) is 9.61 Å². The second-order valence-corrected chi connectivity index (χ2v) is 5.89. The van der Waals surface area contributed by atoms with Crippen molar-refractivity contribution in [2.24, 2.45) is 0 Å². The lowest BCUT2D eigenvalue weighted by Crippen LogP contribution is -2.02. The second kappa shape index (κ2) is 7.43. The minimum Gasteiger partial charge on any atom is -0.493 e. The molecular formula is C20H19N5O3. The number of anilines is 2. The summed E-state index contributed by atoms with van der Waals surface area (Å²) >= 11 is 0. The number of nitrogens with zero attached hydrogens (tertiary/aromatic N) is 4. The van der Waals surface area contributed by atoms with Crippen LogP contribution in [0, 0.1) is 0 Å². The fourth-order valence-electron chi connectivity index (χ4n) is 2.89. The van der Waals surface area contributed by atoms with Gasteiger partial charge in [-0.15, -0.1) is 0 Å². The smallest absolute Gasteiger partial charge is 0.237 e. The van der Waals surface area contributed by atoms with E-state index >= 15 is 0 Å². The molecule has 0 saturated carbocycles. The van der Waals surface area contributed by atoms with Crippen molar-refractivity contribution in [3.8, 4) is 28.6 Å². The third-order valence-electron chi connectivity index (χ3n) is 4.27. The first-order valence-corrected chi connectivity index (χ1v) is 8.56. The number of aromatic nitrogens is 4. The van der Waals surface area contributed by atoms with Crippen molar-refractivity contribution < 1.29 is 14.2 Å². The summed E-state index contributed by atoms with van der Waals surface area (Å²) in [4.78, 5) is 8.60. The molecule has 8 nitrogen and oxygen atoms in total. The summed E-state index contributed by atoms with van der Waals surface area (Å²) in [5, 5.41) is 7.99. The Morgan fingerprint density at radius 3 is 2.54 bits per heavy atom. The zero-order valence-corrected chi connectivity index (χ0v) is 15.7. The molecule has 0 radical (unpaired) electrons. The standard InChI is InChI=1S/C20H19N5O3/c1-26-16-8-6-13(11-17(16)27-2)14-7-9-18-22-12-19(25(18)24-14)23-15-5-4-10-21-20(15)28-3/h4-12,23H,1-3H3. The normalized spacial score (nSPS) is 10.7. The van der Waals surface area contributed by atoms with E-state index in [-0.39, 0.29) is 0 Å². The molecular weight excluding hydrogens is 358 g/mol. The average molecular weight is 377 g/mol. The Morgan fingerprint density at radius 2 is 1.75 bits per heavy atom. The van der Waals surface area contributed by atoms with Crippen molar-refractivity contribution in [2.75, 3.05) is 26.6 Å². The van der Waals surface area contributed by atoms with Gasteiger partial charge in [0, 0.05) is 11.8 Å². The van der Waals surface area contributed by atoms with Gasteiger partial charge in [0.05, 0.1) is 33.2 Å². The van der Waals surface area contributed by atoms with Crippen LogP contribution in [0.3, 0.4) is 0 Å². The van der Waals surface area contributed by atoms with Crippen molar-refractivity contribution in [2.45, 2.75) is 0 Å². The van der Waals surface area contributed by atoms with Gasteiger partial charge in [0.2, 0.25) is 5.88 Å². The quantitative estimate of drug-likeness (QED) is 0.550. The van der Waals surface area contributed by atoms with E-state index in [9.17, 15) is 0 Å². The molecule has 1 N–H and O–H groups in total. The summed E-state index contributed by atoms with van der Waals surface area (Å²) < 4.78 is 17.7. The van der Waals surface area contributed by atoms with Crippen LogP contribution in [0.4, 0.5) is 11.5 Å². The first-order valence-electron chi connectivity index (χ1n) is 8.56. The summed E-state index contributed by atoms with van der Waals surface area (Å²) in [6.45, 7) is 0. The lowest BCUT2D eigenvalue weighted by Gasteiger charge is -2.11. The van der Waals surface area contributed by atoms with Crippen molar-refractivity contribution >= 4 is 17.2 Å². The van der Waals surface area contributed by atoms with Gasteiger partial charge in [-0.05, 0) is 42.5 Å². The molecule has 3 heterocycles. The van der Waals surface area contributed by atoms with E-state index in [0.29, 0.717) is 23.2 Å². The highest BCUT2D eigenvalue weighted by molar-refractivity contribution is 5.67. The Labute approximate surface area is 161 Å². The Morgan fingerprint density at radius 1 is 0.893 bits per heavy atom. The van der Waals surface area contributed by atoms with Crippen LogP contribution in [0.5, 0.6) is 17.4 Å². The summed E-state index contributed by atoms with van der Waals surface area (Å²) in [6.07, 6.45) is 3.39. The number of hydrogen-bond donors (Lipinski definition) is 1. The van der Waals surface area contributed by atoms with Crippen LogP contribution >= 0.6 is 0 Å². The third kappa shape index (κ3) is 3.16. The highest BCUT2D eigenvalue weighted by Crippen LogP contribution is 2.32. The first-order chi connectivity index (χ1) is 13.7. The van der Waals surface area contributed by atoms with Crippen molar-refractivity contribution in [1.29, 1.82) is 0 Å². The molecule has 0 aliphatic carbocycles. The predicted octanol–water partition coefficient (Wildman–Crippen LogP) is 3.56. The van der Waals surface area contributed by atoms with Crippen LogP contribution < -0.4 is 19.5 Å². The maximum Gasteiger partial charge on any atom is 0.237 e. The molecule has 0 unspecified atom stereocenters. The molecule has 0 aliphatic rings. The van der Waals surface area contributed by atoms with Crippen LogP contribution in [0.1, 0.15) is 0 Å². The fourth-order valence-corrected chi connectivity index (χ4v) is 2.89. The number of benzene rings is 1. The lowest BCUT2D eigenvalue weighted by molar-refractivity contribution is 0.355. The zero-order valence-electron chi connectivity index (χ0n) is 15.7. The van der Waals surface area contributed by atoms with Crippen LogP contribution in [0.25, 0.3) is 16.9 Å². The van der Waals surface area contributed by atoms with E-state index in [0.717, 1.165) is 22.6 Å². The summed E-state index contributed by atoms with van der Waals surface area (Å²) in [7, 11) is 4.80. The van der Waals surface area contributed by atoms with E-state index in [4.69, 9.17) is 19.3 Å². The van der Waals surface area contributed by atoms with Crippen LogP contribution in [0.15, 0.2) is 54.9 Å². The van der Waals surface area contributed by atoms with Crippen molar-refractivity contribution in [3.05, 3.63) is 54.9 Å². The molecule has 0 saturated heterocycles. The van der Waals surface area contributed by atoms with E-state index in [1.807, 2.05) is 42.5 Å². The first kappa shape index (κ1) is 17.6. The van der Waals surface area contributed by atoms with Gasteiger partial charge < -0.3 is 19.5 Å². The Bertz CT molecular complexity index is 1130. The van der Waals surface area contributed by atoms with E-state index in [1.165, 1.54) is 0 Å². The SMILES string of the molecule is COc1ccc(-c2ccc3ncc(Nc4cccnc4OC)n3n2)cc1OC. The Balaban J connectivity index is 1.74. The third-order valence-corrected chi connectivity index (χ3v) is 4.27. The largest absolute Gasteiger partial charge is 0.493 e. The molecule has 28 heavy (non-hydrogen) atoms. The van der Waals surface area contributed by atoms with Gasteiger partial charge in [0.25, 0.3) is 0 Å². The maximum atomic E-state index is 5.39. The van der Waals surface area contributed by atoms with E-state index in [1.54, 1.807) is 38.2 Å². The molecule has 142 valence electrons. The van der Waals surface area contributed by atoms with Crippen LogP contribution in [0.2, 0.25) is 0 Å². The number of rotatable bonds is 6. The number of fused-ring (bicyclic) bond motifs is 1. The number of methoxy groups -OCH3 is 3. The summed E-state index contributed by atoms with van der Waals surface area (Å²) in [6, 6.07) is 13.2. The van der Waals surface area contributed by atoms with Gasteiger partial charge in [0.15, 0.2) is 23.0 Å². The van der Waals surface area contributed by atoms with Gasteiger partial charge in [-0.1, -0.05) is 0 Å². The molecule has 0 atom stereocenters. The maximum absolute atomic E-state index is 5.39. The number of hydrogen-bond acceptors (Lipinski definition) is 7. The molecule has 4 aromatic rings. The molecule has 0 fully saturated rings. The highest BCUT2D eigenvalue weighted by atomic mass is 16.5. The summed E-state index contributed by atoms with van der Waals surface area (Å²) in [5.41, 5.74) is 3.12. The number of imidazole rings is 1. The molecule has 8 heteroatoms. The minimum absolute atomic E-state index is 0.494. The van der Waals surface area contributed by atoms with Crippen LogP contribution in [-0.4, -0.2) is 40.9 Å². The molecule has 0 aliphatic heterocycles. The molecule has 0 bridgehead atoms. The molecule has 0 amide bonds. The number of ether oxygens (including phenoxy) is 3. The van der Waals surface area contributed by atoms with Gasteiger partial charge in [-0.3, -0.25) is 0 Å². The molecule has 0 spiro atoms. The fraction of sp³-hybridized carbons (Fsp3) is 0.150. The van der Waals surface area contributed by atoms with Crippen molar-refractivity contribution in [1.82, 2.24) is 19.6 Å². The number of nitrogens with one attached hydrogen (secondary N) is 1. The van der Waals surface area contributed by atoms with E-state index in [2.05, 4.69) is 15.3 Å². The van der Waals surface area contributed by atoms with Crippen molar-refractivity contribution in [3.63, 3.8) is 0 Å². The number of pyridine rings is 1. The summed E-state index contributed by atoms with van der Waals surface area (Å²) in [5.74, 6) is 2.50.